The molecule has 0 aliphatic heterocycles. The van der Waals surface area contributed by atoms with Crippen molar-refractivity contribution in [3.63, 3.8) is 0 Å². The van der Waals surface area contributed by atoms with Gasteiger partial charge >= 0.3 is 0 Å². The Kier molecular flexibility index (Phi) is 5.05. The minimum Gasteiger partial charge on any atom is -0.301 e. The van der Waals surface area contributed by atoms with Gasteiger partial charge in [0.2, 0.25) is 11.0 Å². The van der Waals surface area contributed by atoms with Gasteiger partial charge in [0.05, 0.1) is 0 Å². The van der Waals surface area contributed by atoms with Gasteiger partial charge in [-0.3, -0.25) is 4.79 Å². The predicted molar refractivity (Wildman–Crippen MR) is 71.4 cm³/mol. The van der Waals surface area contributed by atoms with E-state index in [1.165, 1.54) is 11.3 Å². The summed E-state index contributed by atoms with van der Waals surface area (Å²) in [4.78, 5) is 11.6. The number of anilines is 1. The van der Waals surface area contributed by atoms with Crippen LogP contribution in [0.5, 0.6) is 0 Å². The molecule has 1 heterocycles. The zero-order valence-electron chi connectivity index (χ0n) is 11.0. The van der Waals surface area contributed by atoms with Crippen molar-refractivity contribution in [3.05, 3.63) is 5.01 Å². The van der Waals surface area contributed by atoms with Gasteiger partial charge in [-0.2, -0.15) is 0 Å². The molecule has 0 radical (unpaired) electrons. The Morgan fingerprint density at radius 2 is 2.00 bits per heavy atom. The maximum absolute atomic E-state index is 11.6. The van der Waals surface area contributed by atoms with Crippen molar-refractivity contribution in [2.45, 2.75) is 58.8 Å². The van der Waals surface area contributed by atoms with Crippen molar-refractivity contribution in [3.8, 4) is 0 Å². The first-order chi connectivity index (χ1) is 7.93. The number of aromatic nitrogens is 2. The number of amides is 1. The predicted octanol–water partition coefficient (Wildman–Crippen LogP) is 3.35. The molecule has 0 atom stereocenters. The molecule has 1 aromatic heterocycles. The third-order valence-corrected chi connectivity index (χ3v) is 3.58. The summed E-state index contributed by atoms with van der Waals surface area (Å²) in [7, 11) is 0. The average Bonchev–Trinajstić information content (AvgIpc) is 2.66. The molecule has 1 aromatic rings. The van der Waals surface area contributed by atoms with Crippen LogP contribution in [0.3, 0.4) is 0 Å². The van der Waals surface area contributed by atoms with E-state index in [1.807, 2.05) is 0 Å². The average molecular weight is 255 g/mol. The maximum atomic E-state index is 11.6. The first-order valence-electron chi connectivity index (χ1n) is 6.07. The van der Waals surface area contributed by atoms with Crippen LogP contribution in [0, 0.1) is 0 Å². The molecule has 0 saturated carbocycles. The fourth-order valence-corrected chi connectivity index (χ4v) is 2.11. The lowest BCUT2D eigenvalue weighted by Gasteiger charge is -2.12. The molecule has 1 rings (SSSR count). The monoisotopic (exact) mass is 255 g/mol. The number of unbranched alkanes of at least 4 members (excludes halogenated alkanes) is 2. The van der Waals surface area contributed by atoms with Crippen molar-refractivity contribution < 1.29 is 4.79 Å². The molecule has 0 bridgehead atoms. The minimum absolute atomic E-state index is 0.0111. The molecule has 0 aliphatic carbocycles. The summed E-state index contributed by atoms with van der Waals surface area (Å²) in [5, 5.41) is 12.4. The molecule has 0 aliphatic rings. The van der Waals surface area contributed by atoms with Crippen LogP contribution in [0.4, 0.5) is 5.13 Å². The van der Waals surface area contributed by atoms with Gasteiger partial charge < -0.3 is 5.32 Å². The summed E-state index contributed by atoms with van der Waals surface area (Å²) >= 11 is 1.45. The van der Waals surface area contributed by atoms with Crippen molar-refractivity contribution in [2.75, 3.05) is 5.32 Å². The van der Waals surface area contributed by atoms with E-state index in [2.05, 4.69) is 43.2 Å². The number of carbonyl (C=O) groups is 1. The van der Waals surface area contributed by atoms with Gasteiger partial charge in [0.15, 0.2) is 0 Å². The minimum atomic E-state index is -0.0111. The van der Waals surface area contributed by atoms with Crippen LogP contribution in [0.25, 0.3) is 0 Å². The SMILES string of the molecule is CCCCCC(=O)Nc1nnc(C(C)(C)C)s1. The molecule has 1 amide bonds. The lowest BCUT2D eigenvalue weighted by atomic mass is 9.98. The van der Waals surface area contributed by atoms with Crippen LogP contribution in [0.2, 0.25) is 0 Å². The summed E-state index contributed by atoms with van der Waals surface area (Å²) in [6.07, 6.45) is 3.72. The van der Waals surface area contributed by atoms with E-state index in [-0.39, 0.29) is 11.3 Å². The van der Waals surface area contributed by atoms with Crippen LogP contribution < -0.4 is 5.32 Å². The molecule has 0 unspecified atom stereocenters. The standard InChI is InChI=1S/C12H21N3OS/c1-5-6-7-8-9(16)13-11-15-14-10(17-11)12(2,3)4/h5-8H2,1-4H3,(H,13,15,16). The molecule has 0 aromatic carbocycles. The van der Waals surface area contributed by atoms with E-state index >= 15 is 0 Å². The summed E-state index contributed by atoms with van der Waals surface area (Å²) in [6.45, 7) is 8.37. The van der Waals surface area contributed by atoms with E-state index in [1.54, 1.807) is 0 Å². The first kappa shape index (κ1) is 14.1. The topological polar surface area (TPSA) is 54.9 Å². The molecule has 96 valence electrons. The van der Waals surface area contributed by atoms with Gasteiger partial charge in [0.1, 0.15) is 5.01 Å². The van der Waals surface area contributed by atoms with E-state index in [0.717, 1.165) is 24.3 Å². The van der Waals surface area contributed by atoms with Gasteiger partial charge in [0, 0.05) is 11.8 Å². The highest BCUT2D eigenvalue weighted by Crippen LogP contribution is 2.27. The second kappa shape index (κ2) is 6.10. The van der Waals surface area contributed by atoms with Crippen molar-refractivity contribution in [1.82, 2.24) is 10.2 Å². The lowest BCUT2D eigenvalue weighted by molar-refractivity contribution is -0.116. The van der Waals surface area contributed by atoms with Crippen molar-refractivity contribution >= 4 is 22.4 Å². The summed E-state index contributed by atoms with van der Waals surface area (Å²) < 4.78 is 0. The van der Waals surface area contributed by atoms with Crippen molar-refractivity contribution in [2.24, 2.45) is 0 Å². The maximum Gasteiger partial charge on any atom is 0.226 e. The third-order valence-electron chi connectivity index (χ3n) is 2.32. The zero-order valence-corrected chi connectivity index (χ0v) is 11.9. The second-order valence-electron chi connectivity index (χ2n) is 5.17. The number of carbonyl (C=O) groups excluding carboxylic acids is 1. The third kappa shape index (κ3) is 4.81. The van der Waals surface area contributed by atoms with E-state index in [0.29, 0.717) is 11.6 Å². The molecule has 0 spiro atoms. The van der Waals surface area contributed by atoms with E-state index in [9.17, 15) is 4.79 Å². The summed E-state index contributed by atoms with van der Waals surface area (Å²) in [6, 6.07) is 0. The summed E-state index contributed by atoms with van der Waals surface area (Å²) in [5.74, 6) is 0.0371. The highest BCUT2D eigenvalue weighted by Gasteiger charge is 2.19. The number of nitrogens with one attached hydrogen (secondary N) is 1. The van der Waals surface area contributed by atoms with Crippen LogP contribution in [0.1, 0.15) is 58.4 Å². The van der Waals surface area contributed by atoms with Crippen LogP contribution >= 0.6 is 11.3 Å². The molecule has 0 saturated heterocycles. The van der Waals surface area contributed by atoms with Crippen LogP contribution in [0.15, 0.2) is 0 Å². The normalized spacial score (nSPS) is 11.5. The number of hydrogen-bond acceptors (Lipinski definition) is 4. The molecule has 0 fully saturated rings. The highest BCUT2D eigenvalue weighted by atomic mass is 32.1. The zero-order chi connectivity index (χ0) is 12.9. The Morgan fingerprint density at radius 1 is 1.29 bits per heavy atom. The molecular formula is C12H21N3OS. The van der Waals surface area contributed by atoms with Gasteiger partial charge in [-0.05, 0) is 6.42 Å². The molecule has 17 heavy (non-hydrogen) atoms. The van der Waals surface area contributed by atoms with Gasteiger partial charge in [-0.15, -0.1) is 10.2 Å². The smallest absolute Gasteiger partial charge is 0.226 e. The Hall–Kier alpha value is -0.970. The fourth-order valence-electron chi connectivity index (χ4n) is 1.29. The Bertz CT molecular complexity index is 368. The molecular weight excluding hydrogens is 234 g/mol. The molecule has 1 N–H and O–H groups in total. The number of nitrogens with zero attached hydrogens (tertiary/aromatic N) is 2. The van der Waals surface area contributed by atoms with E-state index < -0.39 is 0 Å². The molecule has 4 nitrogen and oxygen atoms in total. The van der Waals surface area contributed by atoms with Gasteiger partial charge in [0.25, 0.3) is 0 Å². The van der Waals surface area contributed by atoms with Gasteiger partial charge in [-0.1, -0.05) is 51.9 Å². The highest BCUT2D eigenvalue weighted by molar-refractivity contribution is 7.15. The Balaban J connectivity index is 2.46. The van der Waals surface area contributed by atoms with Crippen LogP contribution in [-0.2, 0) is 10.2 Å². The van der Waals surface area contributed by atoms with Crippen LogP contribution in [-0.4, -0.2) is 16.1 Å². The number of rotatable bonds is 5. The van der Waals surface area contributed by atoms with E-state index in [4.69, 9.17) is 0 Å². The molecule has 5 heteroatoms. The fraction of sp³-hybridized carbons (Fsp3) is 0.750. The van der Waals surface area contributed by atoms with Crippen molar-refractivity contribution in [1.29, 1.82) is 0 Å². The summed E-state index contributed by atoms with van der Waals surface area (Å²) in [5.41, 5.74) is -0.0111. The Labute approximate surface area is 107 Å². The number of hydrogen-bond donors (Lipinski definition) is 1. The van der Waals surface area contributed by atoms with Gasteiger partial charge in [-0.25, -0.2) is 0 Å². The Morgan fingerprint density at radius 3 is 2.53 bits per heavy atom. The largest absolute Gasteiger partial charge is 0.301 e. The quantitative estimate of drug-likeness (QED) is 0.821. The second-order valence-corrected chi connectivity index (χ2v) is 6.15. The first-order valence-corrected chi connectivity index (χ1v) is 6.89. The lowest BCUT2D eigenvalue weighted by Crippen LogP contribution is -2.10.